The van der Waals surface area contributed by atoms with Gasteiger partial charge in [0.15, 0.2) is 0 Å². The van der Waals surface area contributed by atoms with Crippen molar-refractivity contribution in [2.24, 2.45) is 5.41 Å². The van der Waals surface area contributed by atoms with E-state index in [2.05, 4.69) is 64.8 Å². The molecule has 0 atom stereocenters. The first-order chi connectivity index (χ1) is 14.4. The van der Waals surface area contributed by atoms with E-state index in [-0.39, 0.29) is 11.2 Å². The summed E-state index contributed by atoms with van der Waals surface area (Å²) in [7, 11) is 0. The molecule has 0 fully saturated rings. The number of rotatable bonds is 1. The Bertz CT molecular complexity index is 1340. The van der Waals surface area contributed by atoms with Crippen molar-refractivity contribution >= 4 is 28.3 Å². The van der Waals surface area contributed by atoms with Crippen molar-refractivity contribution in [1.29, 1.82) is 0 Å². The van der Waals surface area contributed by atoms with Gasteiger partial charge in [-0.1, -0.05) is 30.0 Å². The monoisotopic (exact) mass is 399 g/mol. The lowest BCUT2D eigenvalue weighted by Gasteiger charge is -2.30. The topological polar surface area (TPSA) is 46.3 Å². The smallest absolute Gasteiger partial charge is 0.257 e. The molecule has 5 rings (SSSR count). The van der Waals surface area contributed by atoms with Gasteiger partial charge in [-0.3, -0.25) is 0 Å². The van der Waals surface area contributed by atoms with E-state index in [1.165, 1.54) is 11.6 Å². The molecular weight excluding hydrogens is 377 g/mol. The molecule has 4 aromatic rings. The SMILES string of the molecule is CC(C)(C)C#Cc1cccc2c1CCCN2c1nnc2ncc3cccc(F)c3n12. The number of hydrogen-bond donors (Lipinski definition) is 0. The summed E-state index contributed by atoms with van der Waals surface area (Å²) in [5.41, 5.74) is 3.66. The molecule has 0 radical (unpaired) electrons. The normalized spacial score (nSPS) is 13.9. The van der Waals surface area contributed by atoms with Gasteiger partial charge in [0.1, 0.15) is 5.82 Å². The number of benzene rings is 2. The summed E-state index contributed by atoms with van der Waals surface area (Å²) >= 11 is 0. The Labute approximate surface area is 174 Å². The third kappa shape index (κ3) is 3.07. The van der Waals surface area contributed by atoms with Gasteiger partial charge in [-0.25, -0.2) is 13.8 Å². The fraction of sp³-hybridized carbons (Fsp3) is 0.292. The van der Waals surface area contributed by atoms with Gasteiger partial charge in [-0.05, 0) is 57.4 Å². The van der Waals surface area contributed by atoms with E-state index in [9.17, 15) is 4.39 Å². The van der Waals surface area contributed by atoms with Crippen LogP contribution in [0.4, 0.5) is 16.0 Å². The lowest BCUT2D eigenvalue weighted by atomic mass is 9.94. The largest absolute Gasteiger partial charge is 0.310 e. The first kappa shape index (κ1) is 18.6. The molecule has 0 saturated carbocycles. The van der Waals surface area contributed by atoms with Crippen LogP contribution in [0.15, 0.2) is 42.6 Å². The number of anilines is 2. The average molecular weight is 399 g/mol. The van der Waals surface area contributed by atoms with E-state index in [0.717, 1.165) is 30.6 Å². The highest BCUT2D eigenvalue weighted by Crippen LogP contribution is 2.35. The van der Waals surface area contributed by atoms with Crippen LogP contribution in [0, 0.1) is 23.1 Å². The summed E-state index contributed by atoms with van der Waals surface area (Å²) in [6.07, 6.45) is 3.54. The maximum atomic E-state index is 14.8. The molecule has 0 saturated heterocycles. The molecule has 0 spiro atoms. The predicted octanol–water partition coefficient (Wildman–Crippen LogP) is 4.90. The van der Waals surface area contributed by atoms with Crippen molar-refractivity contribution in [3.8, 4) is 11.8 Å². The molecule has 5 nitrogen and oxygen atoms in total. The van der Waals surface area contributed by atoms with Gasteiger partial charge in [0, 0.05) is 34.8 Å². The Kier molecular flexibility index (Phi) is 4.21. The lowest BCUT2D eigenvalue weighted by molar-refractivity contribution is 0.571. The predicted molar refractivity (Wildman–Crippen MR) is 116 cm³/mol. The van der Waals surface area contributed by atoms with Crippen LogP contribution in [0.3, 0.4) is 0 Å². The number of halogens is 1. The Morgan fingerprint density at radius 1 is 1.07 bits per heavy atom. The van der Waals surface area contributed by atoms with Crippen molar-refractivity contribution in [3.63, 3.8) is 0 Å². The number of fused-ring (bicyclic) bond motifs is 4. The third-order valence-electron chi connectivity index (χ3n) is 5.25. The third-order valence-corrected chi connectivity index (χ3v) is 5.25. The van der Waals surface area contributed by atoms with Crippen molar-refractivity contribution in [2.45, 2.75) is 33.6 Å². The number of aromatic nitrogens is 4. The lowest BCUT2D eigenvalue weighted by Crippen LogP contribution is -2.27. The summed E-state index contributed by atoms with van der Waals surface area (Å²) in [5, 5.41) is 9.33. The van der Waals surface area contributed by atoms with Crippen molar-refractivity contribution < 1.29 is 4.39 Å². The minimum atomic E-state index is -0.317. The summed E-state index contributed by atoms with van der Waals surface area (Å²) in [6, 6.07) is 11.1. The zero-order valence-corrected chi connectivity index (χ0v) is 17.3. The van der Waals surface area contributed by atoms with Crippen molar-refractivity contribution in [3.05, 3.63) is 59.5 Å². The first-order valence-electron chi connectivity index (χ1n) is 10.1. The molecule has 2 aromatic heterocycles. The Morgan fingerprint density at radius 3 is 2.73 bits per heavy atom. The van der Waals surface area contributed by atoms with E-state index in [1.54, 1.807) is 16.7 Å². The molecule has 6 heteroatoms. The second-order valence-electron chi connectivity index (χ2n) is 8.63. The molecule has 3 heterocycles. The second-order valence-corrected chi connectivity index (χ2v) is 8.63. The van der Waals surface area contributed by atoms with Gasteiger partial charge in [0.2, 0.25) is 5.95 Å². The van der Waals surface area contributed by atoms with E-state index in [0.29, 0.717) is 22.6 Å². The minimum Gasteiger partial charge on any atom is -0.310 e. The highest BCUT2D eigenvalue weighted by atomic mass is 19.1. The number of nitrogens with zero attached hydrogens (tertiary/aromatic N) is 5. The fourth-order valence-corrected chi connectivity index (χ4v) is 3.93. The summed E-state index contributed by atoms with van der Waals surface area (Å²) < 4.78 is 16.5. The zero-order valence-electron chi connectivity index (χ0n) is 17.3. The maximum Gasteiger partial charge on any atom is 0.257 e. The van der Waals surface area contributed by atoms with Gasteiger partial charge in [0.05, 0.1) is 5.52 Å². The second kappa shape index (κ2) is 6.81. The Balaban J connectivity index is 1.71. The molecular formula is C24H22FN5. The molecule has 0 unspecified atom stereocenters. The molecule has 0 aliphatic carbocycles. The van der Waals surface area contributed by atoms with E-state index in [1.807, 2.05) is 12.1 Å². The zero-order chi connectivity index (χ0) is 20.9. The van der Waals surface area contributed by atoms with Gasteiger partial charge < -0.3 is 4.90 Å². The molecule has 1 aliphatic rings. The summed E-state index contributed by atoms with van der Waals surface area (Å²) in [6.45, 7) is 7.10. The van der Waals surface area contributed by atoms with Crippen LogP contribution in [0.1, 0.15) is 38.3 Å². The maximum absolute atomic E-state index is 14.8. The van der Waals surface area contributed by atoms with Crippen LogP contribution in [-0.2, 0) is 6.42 Å². The summed E-state index contributed by atoms with van der Waals surface area (Å²) in [5.74, 6) is 7.35. The highest BCUT2D eigenvalue weighted by Gasteiger charge is 2.25. The molecule has 2 aromatic carbocycles. The van der Waals surface area contributed by atoms with Crippen molar-refractivity contribution in [2.75, 3.05) is 11.4 Å². The highest BCUT2D eigenvalue weighted by molar-refractivity contribution is 5.83. The van der Waals surface area contributed by atoms with Gasteiger partial charge in [0.25, 0.3) is 5.78 Å². The molecule has 0 N–H and O–H groups in total. The Hall–Kier alpha value is -3.46. The van der Waals surface area contributed by atoms with Gasteiger partial charge >= 0.3 is 0 Å². The molecule has 0 amide bonds. The van der Waals surface area contributed by atoms with Crippen molar-refractivity contribution in [1.82, 2.24) is 19.6 Å². The van der Waals surface area contributed by atoms with Crippen LogP contribution in [0.5, 0.6) is 0 Å². The van der Waals surface area contributed by atoms with Gasteiger partial charge in [-0.2, -0.15) is 0 Å². The fourth-order valence-electron chi connectivity index (χ4n) is 3.93. The average Bonchev–Trinajstić information content (AvgIpc) is 3.15. The van der Waals surface area contributed by atoms with Crippen LogP contribution in [-0.4, -0.2) is 26.1 Å². The van der Waals surface area contributed by atoms with E-state index in [4.69, 9.17) is 0 Å². The van der Waals surface area contributed by atoms with E-state index < -0.39 is 0 Å². The number of hydrogen-bond acceptors (Lipinski definition) is 4. The van der Waals surface area contributed by atoms with Crippen LogP contribution >= 0.6 is 0 Å². The molecule has 150 valence electrons. The Morgan fingerprint density at radius 2 is 1.90 bits per heavy atom. The number of para-hydroxylation sites is 1. The standard InChI is InChI=1S/C24H22FN5/c1-24(2,3)13-12-16-7-5-11-20-18(16)9-6-14-29(20)23-28-27-22-26-15-17-8-4-10-19(25)21(17)30(22)23/h4-5,7-8,10-11,15H,6,9,14H2,1-3H3. The molecule has 30 heavy (non-hydrogen) atoms. The van der Waals surface area contributed by atoms with Crippen LogP contribution in [0.25, 0.3) is 16.7 Å². The summed E-state index contributed by atoms with van der Waals surface area (Å²) in [4.78, 5) is 6.48. The molecule has 1 aliphatic heterocycles. The molecule has 0 bridgehead atoms. The quantitative estimate of drug-likeness (QED) is 0.427. The van der Waals surface area contributed by atoms with Crippen LogP contribution < -0.4 is 4.90 Å². The van der Waals surface area contributed by atoms with Gasteiger partial charge in [-0.15, -0.1) is 10.2 Å². The van der Waals surface area contributed by atoms with Crippen LogP contribution in [0.2, 0.25) is 0 Å². The minimum absolute atomic E-state index is 0.0671. The first-order valence-corrected chi connectivity index (χ1v) is 10.1. The van der Waals surface area contributed by atoms with E-state index >= 15 is 0 Å².